The Bertz CT molecular complexity index is 1170. The topological polar surface area (TPSA) is 142 Å². The Balaban J connectivity index is 1.35. The van der Waals surface area contributed by atoms with E-state index in [-0.39, 0.29) is 59.3 Å². The van der Waals surface area contributed by atoms with Crippen molar-refractivity contribution >= 4 is 71.6 Å². The van der Waals surface area contributed by atoms with Crippen LogP contribution in [0.4, 0.5) is 11.4 Å². The summed E-state index contributed by atoms with van der Waals surface area (Å²) < 4.78 is 34.2. The van der Waals surface area contributed by atoms with Gasteiger partial charge in [0, 0.05) is 47.9 Å². The second kappa shape index (κ2) is 10.1. The van der Waals surface area contributed by atoms with Crippen LogP contribution in [-0.4, -0.2) is 36.3 Å². The summed E-state index contributed by atoms with van der Waals surface area (Å²) in [4.78, 5) is 20.6. The maximum Gasteiger partial charge on any atom is 0.380 e. The minimum absolute atomic E-state index is 0.0731. The van der Waals surface area contributed by atoms with E-state index < -0.39 is 28.7 Å². The highest BCUT2D eigenvalue weighted by Gasteiger charge is 2.48. The van der Waals surface area contributed by atoms with Gasteiger partial charge in [0.2, 0.25) is 0 Å². The maximum atomic E-state index is 10.9. The standard InChI is InChI=1S/C17H14Cl2N2O10P2S2/c18-13-5-11(1-3-15(13)20(22)23)30-32(34)26-7-17(8-27-32)9-28-33(35,29-10-17)31-12-2-4-16(21(24)25)14(19)6-12/h1-6H,7-10H2. The highest BCUT2D eigenvalue weighted by atomic mass is 35.5. The normalized spacial score (nSPS) is 28.4. The van der Waals surface area contributed by atoms with E-state index in [1.165, 1.54) is 36.4 Å². The average Bonchev–Trinajstić information content (AvgIpc) is 2.78. The van der Waals surface area contributed by atoms with Crippen molar-refractivity contribution < 1.29 is 37.0 Å². The summed E-state index contributed by atoms with van der Waals surface area (Å²) in [5.74, 6) is 0.336. The van der Waals surface area contributed by atoms with Crippen LogP contribution in [0.5, 0.6) is 11.5 Å². The number of nitro groups is 2. The summed E-state index contributed by atoms with van der Waals surface area (Å²) in [5, 5.41) is 21.6. The molecular formula is C17H14Cl2N2O10P2S2. The zero-order valence-electron chi connectivity index (χ0n) is 17.2. The van der Waals surface area contributed by atoms with Gasteiger partial charge in [0.15, 0.2) is 0 Å². The van der Waals surface area contributed by atoms with Gasteiger partial charge in [0.05, 0.1) is 41.7 Å². The van der Waals surface area contributed by atoms with E-state index in [2.05, 4.69) is 0 Å². The van der Waals surface area contributed by atoms with Crippen LogP contribution in [0.3, 0.4) is 0 Å². The van der Waals surface area contributed by atoms with Gasteiger partial charge < -0.3 is 9.05 Å². The third kappa shape index (κ3) is 6.11. The van der Waals surface area contributed by atoms with Gasteiger partial charge in [0.25, 0.3) is 11.4 Å². The summed E-state index contributed by atoms with van der Waals surface area (Å²) in [6, 6.07) is 7.60. The lowest BCUT2D eigenvalue weighted by molar-refractivity contribution is -0.384. The molecule has 0 saturated carbocycles. The molecule has 1 spiro atoms. The van der Waals surface area contributed by atoms with E-state index in [1.807, 2.05) is 0 Å². The van der Waals surface area contributed by atoms with E-state index in [0.717, 1.165) is 0 Å². The predicted molar refractivity (Wildman–Crippen MR) is 132 cm³/mol. The van der Waals surface area contributed by atoms with Crippen LogP contribution < -0.4 is 9.05 Å². The Morgan fingerprint density at radius 2 is 1.11 bits per heavy atom. The zero-order chi connectivity index (χ0) is 25.4. The monoisotopic (exact) mass is 602 g/mol. The van der Waals surface area contributed by atoms with Crippen LogP contribution >= 0.6 is 36.6 Å². The third-order valence-corrected chi connectivity index (χ3v) is 9.75. The van der Waals surface area contributed by atoms with Gasteiger partial charge in [-0.1, -0.05) is 23.2 Å². The Morgan fingerprint density at radius 3 is 1.40 bits per heavy atom. The van der Waals surface area contributed by atoms with Crippen molar-refractivity contribution in [3.63, 3.8) is 0 Å². The van der Waals surface area contributed by atoms with Crippen molar-refractivity contribution in [1.82, 2.24) is 0 Å². The van der Waals surface area contributed by atoms with Crippen molar-refractivity contribution in [2.24, 2.45) is 5.41 Å². The smallest absolute Gasteiger partial charge is 0.380 e. The van der Waals surface area contributed by atoms with E-state index in [0.29, 0.717) is 0 Å². The molecule has 2 aliphatic rings. The quantitative estimate of drug-likeness (QED) is 0.224. The van der Waals surface area contributed by atoms with Gasteiger partial charge in [-0.05, 0) is 12.1 Å². The minimum Gasteiger partial charge on any atom is -0.424 e. The first-order valence-corrected chi connectivity index (χ1v) is 15.3. The number of halogens is 2. The van der Waals surface area contributed by atoms with Crippen LogP contribution in [-0.2, 0) is 41.7 Å². The molecule has 2 fully saturated rings. The summed E-state index contributed by atoms with van der Waals surface area (Å²) in [6.07, 6.45) is 0. The van der Waals surface area contributed by atoms with Crippen LogP contribution in [0.15, 0.2) is 36.4 Å². The van der Waals surface area contributed by atoms with Crippen LogP contribution in [0.25, 0.3) is 0 Å². The number of hydrogen-bond acceptors (Lipinski definition) is 12. The molecule has 18 heteroatoms. The molecule has 2 aliphatic heterocycles. The molecule has 188 valence electrons. The lowest BCUT2D eigenvalue weighted by Gasteiger charge is -2.43. The van der Waals surface area contributed by atoms with Crippen LogP contribution in [0.1, 0.15) is 0 Å². The molecule has 2 aromatic carbocycles. The SMILES string of the molecule is O=[N+]([O-])c1ccc(OP2(=S)OCC3(CO2)COP(=S)(Oc2ccc([N+](=O)[O-])c(Cl)c2)OC3)cc1Cl. The highest BCUT2D eigenvalue weighted by Crippen LogP contribution is 2.60. The summed E-state index contributed by atoms with van der Waals surface area (Å²) in [5.41, 5.74) is -1.27. The van der Waals surface area contributed by atoms with Gasteiger partial charge >= 0.3 is 13.4 Å². The molecule has 35 heavy (non-hydrogen) atoms. The van der Waals surface area contributed by atoms with E-state index in [4.69, 9.17) is 74.0 Å². The summed E-state index contributed by atoms with van der Waals surface area (Å²) in [7, 11) is 0. The molecule has 0 aromatic heterocycles. The fourth-order valence-electron chi connectivity index (χ4n) is 2.94. The molecule has 2 aromatic rings. The first-order valence-electron chi connectivity index (χ1n) is 9.47. The van der Waals surface area contributed by atoms with E-state index in [1.54, 1.807) is 0 Å². The molecule has 2 saturated heterocycles. The first-order chi connectivity index (χ1) is 16.4. The number of hydrogen-bond donors (Lipinski definition) is 0. The van der Waals surface area contributed by atoms with Crippen molar-refractivity contribution in [3.8, 4) is 11.5 Å². The molecule has 0 bridgehead atoms. The van der Waals surface area contributed by atoms with Gasteiger partial charge in [-0.15, -0.1) is 0 Å². The average molecular weight is 603 g/mol. The fraction of sp³-hybridized carbons (Fsp3) is 0.294. The molecule has 0 amide bonds. The molecule has 0 N–H and O–H groups in total. The molecule has 12 nitrogen and oxygen atoms in total. The summed E-state index contributed by atoms with van der Waals surface area (Å²) >= 11 is 22.6. The second-order valence-electron chi connectivity index (χ2n) is 7.41. The molecule has 2 heterocycles. The van der Waals surface area contributed by atoms with Gasteiger partial charge in [-0.3, -0.25) is 38.3 Å². The van der Waals surface area contributed by atoms with Crippen molar-refractivity contribution in [2.75, 3.05) is 26.4 Å². The van der Waals surface area contributed by atoms with Crippen molar-refractivity contribution in [3.05, 3.63) is 66.7 Å². The Kier molecular flexibility index (Phi) is 7.71. The lowest BCUT2D eigenvalue weighted by atomic mass is 9.93. The zero-order valence-corrected chi connectivity index (χ0v) is 22.2. The maximum absolute atomic E-state index is 10.9. The summed E-state index contributed by atoms with van der Waals surface area (Å²) in [6.45, 7) is -6.14. The fourth-order valence-corrected chi connectivity index (χ4v) is 7.40. The van der Waals surface area contributed by atoms with Crippen molar-refractivity contribution in [2.45, 2.75) is 0 Å². The molecule has 0 unspecified atom stereocenters. The van der Waals surface area contributed by atoms with E-state index in [9.17, 15) is 20.2 Å². The molecule has 0 atom stereocenters. The third-order valence-electron chi connectivity index (χ3n) is 4.78. The van der Waals surface area contributed by atoms with E-state index >= 15 is 0 Å². The van der Waals surface area contributed by atoms with Gasteiger partial charge in [-0.2, -0.15) is 0 Å². The Hall–Kier alpha value is -1.44. The lowest BCUT2D eigenvalue weighted by Crippen LogP contribution is -2.46. The van der Waals surface area contributed by atoms with Crippen LogP contribution in [0.2, 0.25) is 10.0 Å². The number of nitrogens with zero attached hydrogens (tertiary/aromatic N) is 2. The van der Waals surface area contributed by atoms with Gasteiger partial charge in [0.1, 0.15) is 21.5 Å². The van der Waals surface area contributed by atoms with Crippen LogP contribution in [0, 0.1) is 25.6 Å². The number of nitro benzene ring substituents is 2. The molecular weight excluding hydrogens is 589 g/mol. The predicted octanol–water partition coefficient (Wildman–Crippen LogP) is 5.80. The van der Waals surface area contributed by atoms with Crippen molar-refractivity contribution in [1.29, 1.82) is 0 Å². The largest absolute Gasteiger partial charge is 0.424 e. The first kappa shape index (κ1) is 26.6. The molecule has 0 aliphatic carbocycles. The number of benzene rings is 2. The van der Waals surface area contributed by atoms with Gasteiger partial charge in [-0.25, -0.2) is 0 Å². The highest BCUT2D eigenvalue weighted by molar-refractivity contribution is 8.08. The number of rotatable bonds is 6. The second-order valence-corrected chi connectivity index (χ2v) is 14.1. The Morgan fingerprint density at radius 1 is 0.771 bits per heavy atom. The minimum atomic E-state index is -3.22. The molecule has 4 rings (SSSR count). The molecule has 0 radical (unpaired) electrons. The Labute approximate surface area is 218 Å².